The Balaban J connectivity index is 2.29. The van der Waals surface area contributed by atoms with Crippen LogP contribution in [-0.2, 0) is 14.9 Å². The van der Waals surface area contributed by atoms with Gasteiger partial charge in [0.15, 0.2) is 0 Å². The van der Waals surface area contributed by atoms with Gasteiger partial charge in [0.1, 0.15) is 17.1 Å². The Morgan fingerprint density at radius 1 is 1.12 bits per heavy atom. The molecule has 3 rings (SSSR count). The predicted molar refractivity (Wildman–Crippen MR) is 134 cm³/mol. The largest absolute Gasteiger partial charge is 0.459 e. The van der Waals surface area contributed by atoms with E-state index in [9.17, 15) is 10.1 Å². The van der Waals surface area contributed by atoms with Crippen LogP contribution in [-0.4, -0.2) is 23.7 Å². The van der Waals surface area contributed by atoms with Crippen LogP contribution >= 0.6 is 23.2 Å². The summed E-state index contributed by atoms with van der Waals surface area (Å²) in [6.07, 6.45) is 1.74. The van der Waals surface area contributed by atoms with Gasteiger partial charge in [-0.1, -0.05) is 74.2 Å². The molecule has 0 aromatic heterocycles. The van der Waals surface area contributed by atoms with Gasteiger partial charge in [0.05, 0.1) is 6.07 Å². The molecule has 176 valence electrons. The van der Waals surface area contributed by atoms with Crippen LogP contribution < -0.4 is 5.32 Å². The second-order valence-electron chi connectivity index (χ2n) is 9.75. The van der Waals surface area contributed by atoms with Crippen molar-refractivity contribution in [2.45, 2.75) is 76.5 Å². The highest BCUT2D eigenvalue weighted by atomic mass is 35.5. The van der Waals surface area contributed by atoms with E-state index in [0.717, 1.165) is 24.0 Å². The molecule has 1 saturated heterocycles. The fourth-order valence-electron chi connectivity index (χ4n) is 5.16. The maximum Gasteiger partial charge on any atom is 0.324 e. The molecule has 0 bridgehead atoms. The fraction of sp³-hybridized carbons (Fsp3) is 0.481. The number of carbonyl (C=O) groups excluding carboxylic acids is 1. The molecule has 4 nitrogen and oxygen atoms in total. The van der Waals surface area contributed by atoms with Gasteiger partial charge >= 0.3 is 5.97 Å². The van der Waals surface area contributed by atoms with Crippen molar-refractivity contribution < 1.29 is 9.53 Å². The summed E-state index contributed by atoms with van der Waals surface area (Å²) in [6, 6.07) is 16.5. The lowest BCUT2D eigenvalue weighted by Crippen LogP contribution is -2.47. The third-order valence-electron chi connectivity index (χ3n) is 6.57. The van der Waals surface area contributed by atoms with E-state index in [1.54, 1.807) is 18.2 Å². The smallest absolute Gasteiger partial charge is 0.324 e. The summed E-state index contributed by atoms with van der Waals surface area (Å²) in [5, 5.41) is 15.6. The molecule has 4 atom stereocenters. The van der Waals surface area contributed by atoms with Gasteiger partial charge < -0.3 is 4.74 Å². The third kappa shape index (κ3) is 5.06. The number of nitriles is 1. The van der Waals surface area contributed by atoms with Gasteiger partial charge in [-0.3, -0.25) is 10.1 Å². The van der Waals surface area contributed by atoms with E-state index >= 15 is 0 Å². The predicted octanol–water partition coefficient (Wildman–Crippen LogP) is 6.66. The van der Waals surface area contributed by atoms with Gasteiger partial charge in [0, 0.05) is 22.0 Å². The normalized spacial score (nSPS) is 25.1. The zero-order chi connectivity index (χ0) is 24.4. The van der Waals surface area contributed by atoms with Crippen molar-refractivity contribution >= 4 is 29.2 Å². The summed E-state index contributed by atoms with van der Waals surface area (Å²) in [5.41, 5.74) is -0.0149. The van der Waals surface area contributed by atoms with Gasteiger partial charge in [0.25, 0.3) is 0 Å². The molecule has 2 aromatic rings. The lowest BCUT2D eigenvalue weighted by atomic mass is 9.62. The number of hydrogen-bond donors (Lipinski definition) is 1. The van der Waals surface area contributed by atoms with Crippen LogP contribution in [0.4, 0.5) is 0 Å². The van der Waals surface area contributed by atoms with E-state index in [2.05, 4.69) is 25.2 Å². The van der Waals surface area contributed by atoms with Crippen molar-refractivity contribution in [1.29, 1.82) is 5.26 Å². The van der Waals surface area contributed by atoms with Crippen LogP contribution in [0.15, 0.2) is 48.5 Å². The van der Waals surface area contributed by atoms with Crippen LogP contribution in [0.3, 0.4) is 0 Å². The quantitative estimate of drug-likeness (QED) is 0.463. The number of halogens is 2. The Kier molecular flexibility index (Phi) is 7.79. The molecule has 0 aliphatic carbocycles. The van der Waals surface area contributed by atoms with E-state index in [4.69, 9.17) is 27.9 Å². The van der Waals surface area contributed by atoms with Crippen LogP contribution in [0.25, 0.3) is 0 Å². The summed E-state index contributed by atoms with van der Waals surface area (Å²) in [4.78, 5) is 13.5. The SMILES string of the molecule is CCC(CC)C1NC(C(=O)OC(C)(C)C)C(c2cccc(Cl)c2)C1(C#N)c1ccc(Cl)cc1. The Hall–Kier alpha value is -2.06. The Morgan fingerprint density at radius 3 is 2.27 bits per heavy atom. The number of hydrogen-bond acceptors (Lipinski definition) is 4. The maximum atomic E-state index is 13.5. The molecule has 1 aliphatic heterocycles. The van der Waals surface area contributed by atoms with E-state index in [1.807, 2.05) is 51.1 Å². The highest BCUT2D eigenvalue weighted by Gasteiger charge is 2.61. The first-order chi connectivity index (χ1) is 15.6. The van der Waals surface area contributed by atoms with E-state index < -0.39 is 23.0 Å². The molecule has 1 heterocycles. The van der Waals surface area contributed by atoms with Gasteiger partial charge in [-0.25, -0.2) is 0 Å². The maximum absolute atomic E-state index is 13.5. The number of esters is 1. The summed E-state index contributed by atoms with van der Waals surface area (Å²) in [6.45, 7) is 9.79. The van der Waals surface area contributed by atoms with Crippen molar-refractivity contribution in [1.82, 2.24) is 5.32 Å². The molecule has 0 spiro atoms. The topological polar surface area (TPSA) is 62.1 Å². The second kappa shape index (κ2) is 10.1. The molecule has 1 fully saturated rings. The molecular weight excluding hydrogens is 455 g/mol. The number of benzene rings is 2. The number of ether oxygens (including phenoxy) is 1. The molecular formula is C27H32Cl2N2O2. The molecule has 4 unspecified atom stereocenters. The Labute approximate surface area is 207 Å². The van der Waals surface area contributed by atoms with Crippen LogP contribution in [0.5, 0.6) is 0 Å². The third-order valence-corrected chi connectivity index (χ3v) is 7.06. The lowest BCUT2D eigenvalue weighted by Gasteiger charge is -2.38. The Morgan fingerprint density at radius 2 is 1.76 bits per heavy atom. The molecule has 1 aliphatic rings. The molecule has 0 saturated carbocycles. The number of carbonyl (C=O) groups is 1. The summed E-state index contributed by atoms with van der Waals surface area (Å²) in [5.74, 6) is -0.688. The minimum Gasteiger partial charge on any atom is -0.459 e. The second-order valence-corrected chi connectivity index (χ2v) is 10.6. The van der Waals surface area contributed by atoms with Crippen molar-refractivity contribution in [3.05, 3.63) is 69.7 Å². The number of rotatable bonds is 6. The van der Waals surface area contributed by atoms with Gasteiger partial charge in [0.2, 0.25) is 0 Å². The standard InChI is InChI=1S/C27H32Cl2N2O2/c1-6-17(7-2)24-27(16-30,19-11-13-20(28)14-12-19)22(18-9-8-10-21(29)15-18)23(31-24)25(32)33-26(3,4)5/h8-15,17,22-24,31H,6-7H2,1-5H3. The Bertz CT molecular complexity index is 1020. The minimum atomic E-state index is -1.02. The van der Waals surface area contributed by atoms with Gasteiger partial charge in [-0.2, -0.15) is 5.26 Å². The van der Waals surface area contributed by atoms with E-state index in [-0.39, 0.29) is 17.9 Å². The highest BCUT2D eigenvalue weighted by Crippen LogP contribution is 2.52. The first-order valence-electron chi connectivity index (χ1n) is 11.5. The first-order valence-corrected chi connectivity index (χ1v) is 12.2. The molecule has 1 N–H and O–H groups in total. The van der Waals surface area contributed by atoms with Gasteiger partial charge in [-0.05, 0) is 62.1 Å². The summed E-state index contributed by atoms with van der Waals surface area (Å²) < 4.78 is 5.83. The van der Waals surface area contributed by atoms with Crippen molar-refractivity contribution in [3.8, 4) is 6.07 Å². The number of nitrogens with zero attached hydrogens (tertiary/aromatic N) is 1. The van der Waals surface area contributed by atoms with Gasteiger partial charge in [-0.15, -0.1) is 0 Å². The summed E-state index contributed by atoms with van der Waals surface area (Å²) >= 11 is 12.6. The molecule has 33 heavy (non-hydrogen) atoms. The minimum absolute atomic E-state index is 0.175. The van der Waals surface area contributed by atoms with Crippen molar-refractivity contribution in [2.24, 2.45) is 5.92 Å². The van der Waals surface area contributed by atoms with Crippen molar-refractivity contribution in [2.75, 3.05) is 0 Å². The fourth-order valence-corrected chi connectivity index (χ4v) is 5.48. The molecule has 2 aromatic carbocycles. The first kappa shape index (κ1) is 25.6. The van der Waals surface area contributed by atoms with E-state index in [0.29, 0.717) is 10.0 Å². The monoisotopic (exact) mass is 486 g/mol. The van der Waals surface area contributed by atoms with Crippen molar-refractivity contribution in [3.63, 3.8) is 0 Å². The molecule has 0 amide bonds. The van der Waals surface area contributed by atoms with Crippen LogP contribution in [0.2, 0.25) is 10.0 Å². The molecule has 0 radical (unpaired) electrons. The average Bonchev–Trinajstić information content (AvgIpc) is 3.10. The molecule has 6 heteroatoms. The van der Waals surface area contributed by atoms with E-state index in [1.165, 1.54) is 0 Å². The highest BCUT2D eigenvalue weighted by molar-refractivity contribution is 6.30. The van der Waals surface area contributed by atoms with Crippen LogP contribution in [0, 0.1) is 17.2 Å². The summed E-state index contributed by atoms with van der Waals surface area (Å²) in [7, 11) is 0. The lowest BCUT2D eigenvalue weighted by molar-refractivity contribution is -0.157. The zero-order valence-electron chi connectivity index (χ0n) is 19.9. The average molecular weight is 487 g/mol. The van der Waals surface area contributed by atoms with Crippen LogP contribution in [0.1, 0.15) is 64.5 Å². The number of nitrogens with one attached hydrogen (secondary N) is 1. The zero-order valence-corrected chi connectivity index (χ0v) is 21.4.